The Kier molecular flexibility index (Phi) is 6.94. The molecule has 0 amide bonds. The summed E-state index contributed by atoms with van der Waals surface area (Å²) in [5.74, 6) is -3.53. The lowest BCUT2D eigenvalue weighted by atomic mass is 9.96. The first-order chi connectivity index (χ1) is 12.1. The van der Waals surface area contributed by atoms with Crippen LogP contribution in [0, 0.1) is 5.92 Å². The third-order valence-corrected chi connectivity index (χ3v) is 3.88. The van der Waals surface area contributed by atoms with Gasteiger partial charge in [-0.1, -0.05) is 30.3 Å². The van der Waals surface area contributed by atoms with Crippen molar-refractivity contribution in [1.29, 1.82) is 0 Å². The third-order valence-electron chi connectivity index (χ3n) is 3.88. The molecule has 1 aromatic rings. The molecule has 1 saturated heterocycles. The zero-order chi connectivity index (χ0) is 18.2. The highest BCUT2D eigenvalue weighted by molar-refractivity contribution is 6.00. The van der Waals surface area contributed by atoms with Crippen LogP contribution < -0.4 is 0 Å². The molecule has 1 aliphatic rings. The maximum absolute atomic E-state index is 12.4. The van der Waals surface area contributed by atoms with Crippen LogP contribution in [0.5, 0.6) is 0 Å². The lowest BCUT2D eigenvalue weighted by molar-refractivity contribution is -0.178. The molecule has 0 N–H and O–H groups in total. The molecule has 7 nitrogen and oxygen atoms in total. The summed E-state index contributed by atoms with van der Waals surface area (Å²) in [5.41, 5.74) is 0.966. The van der Waals surface area contributed by atoms with Crippen molar-refractivity contribution in [3.05, 3.63) is 35.9 Å². The Balaban J connectivity index is 2.29. The van der Waals surface area contributed by atoms with Crippen LogP contribution in [0.15, 0.2) is 30.3 Å². The number of hydrogen-bond acceptors (Lipinski definition) is 7. The summed E-state index contributed by atoms with van der Waals surface area (Å²) in [6.07, 6.45) is 0. The normalized spacial score (nSPS) is 17.9. The Hall–Kier alpha value is -2.41. The number of carbonyl (C=O) groups is 3. The minimum Gasteiger partial charge on any atom is -0.465 e. The third kappa shape index (κ3) is 4.79. The Morgan fingerprint density at radius 2 is 1.76 bits per heavy atom. The predicted molar refractivity (Wildman–Crippen MR) is 88.4 cm³/mol. The van der Waals surface area contributed by atoms with E-state index in [1.807, 2.05) is 30.3 Å². The first kappa shape index (κ1) is 18.9. The second kappa shape index (κ2) is 9.17. The second-order valence-corrected chi connectivity index (χ2v) is 5.55. The lowest BCUT2D eigenvalue weighted by Gasteiger charge is -2.36. The van der Waals surface area contributed by atoms with Gasteiger partial charge < -0.3 is 14.2 Å². The highest BCUT2D eigenvalue weighted by atomic mass is 16.6. The van der Waals surface area contributed by atoms with Crippen LogP contribution in [0.4, 0.5) is 0 Å². The van der Waals surface area contributed by atoms with E-state index in [1.165, 1.54) is 0 Å². The van der Waals surface area contributed by atoms with Gasteiger partial charge in [-0.3, -0.25) is 19.3 Å². The molecular formula is C18H23NO6. The molecule has 0 aliphatic carbocycles. The summed E-state index contributed by atoms with van der Waals surface area (Å²) in [6, 6.07) is 8.45. The van der Waals surface area contributed by atoms with Gasteiger partial charge in [-0.2, -0.15) is 0 Å². The molecule has 1 fully saturated rings. The Morgan fingerprint density at radius 3 is 2.32 bits per heavy atom. The van der Waals surface area contributed by atoms with Crippen LogP contribution in [-0.2, 0) is 35.1 Å². The zero-order valence-electron chi connectivity index (χ0n) is 14.5. The summed E-state index contributed by atoms with van der Waals surface area (Å²) >= 11 is 0. The van der Waals surface area contributed by atoms with Gasteiger partial charge in [-0.05, 0) is 19.4 Å². The van der Waals surface area contributed by atoms with Crippen LogP contribution in [0.1, 0.15) is 19.4 Å². The molecule has 0 spiro atoms. The van der Waals surface area contributed by atoms with Gasteiger partial charge in [0.25, 0.3) is 0 Å². The van der Waals surface area contributed by atoms with Crippen LogP contribution >= 0.6 is 0 Å². The number of hydrogen-bond donors (Lipinski definition) is 0. The number of nitrogens with zero attached hydrogens (tertiary/aromatic N) is 1. The van der Waals surface area contributed by atoms with E-state index in [9.17, 15) is 14.4 Å². The molecule has 2 rings (SSSR count). The van der Waals surface area contributed by atoms with E-state index in [-0.39, 0.29) is 19.8 Å². The first-order valence-electron chi connectivity index (χ1n) is 8.36. The fraction of sp³-hybridized carbons (Fsp3) is 0.500. The smallest absolute Gasteiger partial charge is 0.324 e. The molecule has 0 saturated carbocycles. The summed E-state index contributed by atoms with van der Waals surface area (Å²) in [6.45, 7) is 4.53. The molecule has 1 heterocycles. The molecule has 0 aromatic heterocycles. The van der Waals surface area contributed by atoms with E-state index >= 15 is 0 Å². The van der Waals surface area contributed by atoms with E-state index in [1.54, 1.807) is 18.7 Å². The Bertz CT molecular complexity index is 585. The van der Waals surface area contributed by atoms with E-state index in [4.69, 9.17) is 14.2 Å². The average Bonchev–Trinajstić information content (AvgIpc) is 2.59. The molecule has 1 atom stereocenters. The van der Waals surface area contributed by atoms with E-state index in [0.29, 0.717) is 13.1 Å². The molecule has 0 radical (unpaired) electrons. The SMILES string of the molecule is CCOC(=O)C(C(=O)OCC)C1C(=O)OCCN1Cc1ccccc1. The van der Waals surface area contributed by atoms with Gasteiger partial charge in [-0.25, -0.2) is 0 Å². The Morgan fingerprint density at radius 1 is 1.16 bits per heavy atom. The minimum atomic E-state index is -1.36. The summed E-state index contributed by atoms with van der Waals surface area (Å²) < 4.78 is 15.1. The lowest BCUT2D eigenvalue weighted by Crippen LogP contribution is -2.56. The van der Waals surface area contributed by atoms with Gasteiger partial charge >= 0.3 is 17.9 Å². The molecule has 136 valence electrons. The van der Waals surface area contributed by atoms with Crippen molar-refractivity contribution in [2.45, 2.75) is 26.4 Å². The monoisotopic (exact) mass is 349 g/mol. The highest BCUT2D eigenvalue weighted by Crippen LogP contribution is 2.22. The van der Waals surface area contributed by atoms with Crippen molar-refractivity contribution < 1.29 is 28.6 Å². The van der Waals surface area contributed by atoms with Crippen molar-refractivity contribution in [3.63, 3.8) is 0 Å². The summed E-state index contributed by atoms with van der Waals surface area (Å²) in [5, 5.41) is 0. The molecular weight excluding hydrogens is 326 g/mol. The number of cyclic esters (lactones) is 1. The van der Waals surface area contributed by atoms with E-state index in [2.05, 4.69) is 0 Å². The van der Waals surface area contributed by atoms with Crippen LogP contribution in [0.25, 0.3) is 0 Å². The fourth-order valence-corrected chi connectivity index (χ4v) is 2.80. The van der Waals surface area contributed by atoms with Gasteiger partial charge in [0.2, 0.25) is 0 Å². The predicted octanol–water partition coefficient (Wildman–Crippen LogP) is 1.16. The number of morpholine rings is 1. The summed E-state index contributed by atoms with van der Waals surface area (Å²) in [7, 11) is 0. The van der Waals surface area contributed by atoms with Gasteiger partial charge in [0.15, 0.2) is 5.92 Å². The maximum atomic E-state index is 12.4. The van der Waals surface area contributed by atoms with Crippen LogP contribution in [0.3, 0.4) is 0 Å². The topological polar surface area (TPSA) is 82.1 Å². The van der Waals surface area contributed by atoms with Crippen molar-refractivity contribution in [3.8, 4) is 0 Å². The second-order valence-electron chi connectivity index (χ2n) is 5.55. The van der Waals surface area contributed by atoms with Crippen molar-refractivity contribution >= 4 is 17.9 Å². The Labute approximate surface area is 146 Å². The number of rotatable bonds is 7. The van der Waals surface area contributed by atoms with Crippen molar-refractivity contribution in [2.24, 2.45) is 5.92 Å². The standard InChI is InChI=1S/C18H23NO6/c1-3-23-16(20)14(17(21)24-4-2)15-18(22)25-11-10-19(15)12-13-8-6-5-7-9-13/h5-9,14-15H,3-4,10-12H2,1-2H3. The highest BCUT2D eigenvalue weighted by Gasteiger charge is 2.47. The molecule has 1 unspecified atom stereocenters. The van der Waals surface area contributed by atoms with Crippen molar-refractivity contribution in [2.75, 3.05) is 26.4 Å². The molecule has 1 aliphatic heterocycles. The number of esters is 3. The first-order valence-corrected chi connectivity index (χ1v) is 8.36. The van der Waals surface area contributed by atoms with Gasteiger partial charge in [-0.15, -0.1) is 0 Å². The van der Waals surface area contributed by atoms with Gasteiger partial charge in [0, 0.05) is 13.1 Å². The van der Waals surface area contributed by atoms with Crippen molar-refractivity contribution in [1.82, 2.24) is 4.90 Å². The largest absolute Gasteiger partial charge is 0.465 e. The van der Waals surface area contributed by atoms with Crippen LogP contribution in [-0.4, -0.2) is 55.2 Å². The minimum absolute atomic E-state index is 0.106. The van der Waals surface area contributed by atoms with E-state index in [0.717, 1.165) is 5.56 Å². The quantitative estimate of drug-likeness (QED) is 0.415. The maximum Gasteiger partial charge on any atom is 0.324 e. The van der Waals surface area contributed by atoms with Gasteiger partial charge in [0.1, 0.15) is 12.6 Å². The molecule has 1 aromatic carbocycles. The molecule has 0 bridgehead atoms. The number of carbonyl (C=O) groups excluding carboxylic acids is 3. The van der Waals surface area contributed by atoms with E-state index < -0.39 is 29.9 Å². The van der Waals surface area contributed by atoms with Crippen LogP contribution in [0.2, 0.25) is 0 Å². The average molecular weight is 349 g/mol. The molecule has 25 heavy (non-hydrogen) atoms. The fourth-order valence-electron chi connectivity index (χ4n) is 2.80. The molecule has 7 heteroatoms. The number of benzene rings is 1. The zero-order valence-corrected chi connectivity index (χ0v) is 14.5. The van der Waals surface area contributed by atoms with Gasteiger partial charge in [0.05, 0.1) is 13.2 Å². The summed E-state index contributed by atoms with van der Waals surface area (Å²) in [4.78, 5) is 38.8. The number of ether oxygens (including phenoxy) is 3.